The molecule has 60 valence electrons. The molecular weight excluding hydrogens is 163 g/mol. The Morgan fingerprint density at radius 2 is 2.10 bits per heavy atom. The molecule has 0 aromatic carbocycles. The maximum Gasteiger partial charge on any atom is 0.496 e. The highest BCUT2D eigenvalue weighted by molar-refractivity contribution is 7.46. The molecule has 2 N–H and O–H groups in total. The van der Waals surface area contributed by atoms with Crippen molar-refractivity contribution in [3.05, 3.63) is 0 Å². The van der Waals surface area contributed by atoms with E-state index < -0.39 is 14.4 Å². The first-order chi connectivity index (χ1) is 4.42. The molecular formula is C3H7O6P. The van der Waals surface area contributed by atoms with Crippen LogP contribution in [0.15, 0.2) is 0 Å². The largest absolute Gasteiger partial charge is 0.496 e. The number of carbonyl (C=O) groups excluding carboxylic acids is 1. The minimum Gasteiger partial charge on any atom is -0.301 e. The molecule has 10 heavy (non-hydrogen) atoms. The third kappa shape index (κ3) is 7.74. The molecule has 0 aromatic rings. The molecule has 0 saturated heterocycles. The predicted octanol–water partition coefficient (Wildman–Crippen LogP) is -0.384. The molecule has 6 nitrogen and oxygen atoms in total. The van der Waals surface area contributed by atoms with Crippen LogP contribution < -0.4 is 0 Å². The Labute approximate surface area is 56.9 Å². The molecule has 0 radical (unpaired) electrons. The quantitative estimate of drug-likeness (QED) is 0.339. The first kappa shape index (κ1) is 9.74. The van der Waals surface area contributed by atoms with Gasteiger partial charge in [0.25, 0.3) is 0 Å². The summed E-state index contributed by atoms with van der Waals surface area (Å²) in [4.78, 5) is 29.9. The Morgan fingerprint density at radius 1 is 1.60 bits per heavy atom. The summed E-state index contributed by atoms with van der Waals surface area (Å²) < 4.78 is 13.3. The number of carbonyl (C=O) groups is 1. The molecule has 0 unspecified atom stereocenters. The molecule has 0 spiro atoms. The van der Waals surface area contributed by atoms with Crippen molar-refractivity contribution in [2.75, 3.05) is 6.61 Å². The lowest BCUT2D eigenvalue weighted by Crippen LogP contribution is -2.03. The van der Waals surface area contributed by atoms with E-state index in [0.717, 1.165) is 0 Å². The zero-order valence-electron chi connectivity index (χ0n) is 5.18. The fourth-order valence-electron chi connectivity index (χ4n) is 0.178. The predicted molar refractivity (Wildman–Crippen MR) is 29.8 cm³/mol. The van der Waals surface area contributed by atoms with Crippen molar-refractivity contribution in [1.29, 1.82) is 0 Å². The van der Waals surface area contributed by atoms with Gasteiger partial charge in [0.2, 0.25) is 0 Å². The highest BCUT2D eigenvalue weighted by Gasteiger charge is 2.15. The van der Waals surface area contributed by atoms with Crippen molar-refractivity contribution >= 4 is 13.6 Å². The van der Waals surface area contributed by atoms with Crippen LogP contribution in [0.5, 0.6) is 0 Å². The van der Waals surface area contributed by atoms with E-state index in [2.05, 4.69) is 9.56 Å². The zero-order valence-corrected chi connectivity index (χ0v) is 6.08. The van der Waals surface area contributed by atoms with Gasteiger partial charge in [-0.05, 0) is 6.92 Å². The molecule has 0 aliphatic carbocycles. The van der Waals surface area contributed by atoms with Gasteiger partial charge in [-0.2, -0.15) is 0 Å². The maximum absolute atomic E-state index is 10.1. The first-order valence-corrected chi connectivity index (χ1v) is 3.81. The van der Waals surface area contributed by atoms with Crippen LogP contribution in [0.25, 0.3) is 0 Å². The molecule has 0 bridgehead atoms. The number of Topliss-reactive ketones (excluding diaryl/α,β-unsaturated/α-hetero) is 1. The summed E-state index contributed by atoms with van der Waals surface area (Å²) in [5, 5.41) is 0. The smallest absolute Gasteiger partial charge is 0.301 e. The third-order valence-corrected chi connectivity index (χ3v) is 0.712. The number of hydrogen-bond acceptors (Lipinski definition) is 4. The second-order valence-electron chi connectivity index (χ2n) is 1.53. The number of ketones is 1. The highest BCUT2D eigenvalue weighted by atomic mass is 31.2. The van der Waals surface area contributed by atoms with Gasteiger partial charge in [-0.25, -0.2) is 9.45 Å². The van der Waals surface area contributed by atoms with Crippen molar-refractivity contribution in [2.24, 2.45) is 0 Å². The lowest BCUT2D eigenvalue weighted by Gasteiger charge is -2.00. The SMILES string of the molecule is CC(=O)COOP(=O)(O)O. The lowest BCUT2D eigenvalue weighted by atomic mass is 10.5. The Morgan fingerprint density at radius 3 is 2.40 bits per heavy atom. The van der Waals surface area contributed by atoms with Crippen molar-refractivity contribution in [1.82, 2.24) is 0 Å². The van der Waals surface area contributed by atoms with E-state index in [9.17, 15) is 9.36 Å². The van der Waals surface area contributed by atoms with Gasteiger partial charge in [0.15, 0.2) is 5.78 Å². The number of rotatable bonds is 4. The van der Waals surface area contributed by atoms with Gasteiger partial charge in [0.05, 0.1) is 0 Å². The molecule has 0 aliphatic rings. The van der Waals surface area contributed by atoms with Crippen LogP contribution in [0, 0.1) is 0 Å². The van der Waals surface area contributed by atoms with Crippen LogP contribution in [0.2, 0.25) is 0 Å². The van der Waals surface area contributed by atoms with E-state index in [4.69, 9.17) is 9.79 Å². The molecule has 0 atom stereocenters. The summed E-state index contributed by atoms with van der Waals surface area (Å²) in [5.74, 6) is -0.381. The minimum absolute atomic E-state index is 0.381. The average molecular weight is 170 g/mol. The van der Waals surface area contributed by atoms with Crippen LogP contribution in [-0.4, -0.2) is 22.2 Å². The lowest BCUT2D eigenvalue weighted by molar-refractivity contribution is -0.218. The fraction of sp³-hybridized carbons (Fsp3) is 0.667. The van der Waals surface area contributed by atoms with Gasteiger partial charge >= 0.3 is 7.82 Å². The van der Waals surface area contributed by atoms with Gasteiger partial charge in [-0.1, -0.05) is 0 Å². The maximum atomic E-state index is 10.1. The van der Waals surface area contributed by atoms with Gasteiger partial charge in [-0.15, -0.1) is 4.67 Å². The molecule has 0 aromatic heterocycles. The van der Waals surface area contributed by atoms with Crippen LogP contribution in [-0.2, 0) is 18.9 Å². The van der Waals surface area contributed by atoms with Crippen molar-refractivity contribution in [3.63, 3.8) is 0 Å². The van der Waals surface area contributed by atoms with Gasteiger partial charge in [-0.3, -0.25) is 4.79 Å². The molecule has 0 rings (SSSR count). The molecule has 0 amide bonds. The first-order valence-electron chi connectivity index (χ1n) is 2.28. The topological polar surface area (TPSA) is 93.1 Å². The highest BCUT2D eigenvalue weighted by Crippen LogP contribution is 2.35. The summed E-state index contributed by atoms with van der Waals surface area (Å²) in [6.45, 7) is 0.730. The van der Waals surface area contributed by atoms with E-state index in [1.54, 1.807) is 0 Å². The Balaban J connectivity index is 3.39. The minimum atomic E-state index is -4.60. The Kier molecular flexibility index (Phi) is 3.70. The zero-order chi connectivity index (χ0) is 8.20. The van der Waals surface area contributed by atoms with Crippen LogP contribution >= 0.6 is 7.82 Å². The van der Waals surface area contributed by atoms with E-state index in [0.29, 0.717) is 0 Å². The summed E-state index contributed by atoms with van der Waals surface area (Å²) in [5.41, 5.74) is 0. The summed E-state index contributed by atoms with van der Waals surface area (Å²) in [6, 6.07) is 0. The second kappa shape index (κ2) is 3.80. The summed E-state index contributed by atoms with van der Waals surface area (Å²) >= 11 is 0. The summed E-state index contributed by atoms with van der Waals surface area (Å²) in [7, 11) is -4.60. The van der Waals surface area contributed by atoms with E-state index in [-0.39, 0.29) is 5.78 Å². The van der Waals surface area contributed by atoms with Crippen molar-refractivity contribution < 1.29 is 28.7 Å². The van der Waals surface area contributed by atoms with E-state index in [1.165, 1.54) is 6.92 Å². The molecule has 0 heterocycles. The van der Waals surface area contributed by atoms with Gasteiger partial charge in [0.1, 0.15) is 6.61 Å². The molecule has 0 fully saturated rings. The Hall–Kier alpha value is -0.260. The van der Waals surface area contributed by atoms with Gasteiger partial charge in [0, 0.05) is 0 Å². The number of phosphoric acid groups is 1. The van der Waals surface area contributed by atoms with Crippen LogP contribution in [0.3, 0.4) is 0 Å². The molecule has 0 aliphatic heterocycles. The monoisotopic (exact) mass is 170 g/mol. The van der Waals surface area contributed by atoms with Crippen molar-refractivity contribution in [2.45, 2.75) is 6.92 Å². The average Bonchev–Trinajstić information content (AvgIpc) is 1.59. The Bertz CT molecular complexity index is 158. The van der Waals surface area contributed by atoms with Crippen LogP contribution in [0.4, 0.5) is 0 Å². The molecule has 7 heteroatoms. The number of hydrogen-bond donors (Lipinski definition) is 2. The molecule has 0 saturated carbocycles. The van der Waals surface area contributed by atoms with E-state index >= 15 is 0 Å². The van der Waals surface area contributed by atoms with Crippen LogP contribution in [0.1, 0.15) is 6.92 Å². The third-order valence-electron chi connectivity index (χ3n) is 0.412. The van der Waals surface area contributed by atoms with E-state index in [1.807, 2.05) is 0 Å². The fourth-order valence-corrected chi connectivity index (χ4v) is 0.368. The summed E-state index contributed by atoms with van der Waals surface area (Å²) in [6.07, 6.45) is 0. The van der Waals surface area contributed by atoms with Gasteiger partial charge < -0.3 is 9.79 Å². The standard InChI is InChI=1S/C3H7O6P/c1-3(4)2-8-9-10(5,6)7/h2H2,1H3,(H2,5,6,7). The van der Waals surface area contributed by atoms with Crippen molar-refractivity contribution in [3.8, 4) is 0 Å². The second-order valence-corrected chi connectivity index (χ2v) is 2.66. The normalized spacial score (nSPS) is 11.5.